The summed E-state index contributed by atoms with van der Waals surface area (Å²) in [5.41, 5.74) is 0.262. The molecule has 148 valence electrons. The number of hydrogen-bond acceptors (Lipinski definition) is 8. The van der Waals surface area contributed by atoms with E-state index in [2.05, 4.69) is 25.8 Å². The van der Waals surface area contributed by atoms with Gasteiger partial charge in [0.1, 0.15) is 5.84 Å². The number of nitrogens with zero attached hydrogens (tertiary/aromatic N) is 7. The van der Waals surface area contributed by atoms with Crippen molar-refractivity contribution in [1.29, 1.82) is 5.26 Å². The molecule has 1 amide bonds. The van der Waals surface area contributed by atoms with Crippen molar-refractivity contribution in [2.75, 3.05) is 18.6 Å². The lowest BCUT2D eigenvalue weighted by atomic mass is 10.1. The number of aryl methyl sites for hydroxylation is 1. The topological polar surface area (TPSA) is 146 Å². The average Bonchev–Trinajstić information content (AvgIpc) is 3.00. The SMILES string of the molecule is CC(=NC#N)N(C)Cc1c(S(C)(=O)=O)ccc(C(=O)Nc2nnnn2C)c1Cl. The summed E-state index contributed by atoms with van der Waals surface area (Å²) >= 11 is 6.41. The van der Waals surface area contributed by atoms with Gasteiger partial charge in [0.05, 0.1) is 15.5 Å². The fourth-order valence-electron chi connectivity index (χ4n) is 2.29. The third kappa shape index (κ3) is 4.62. The fraction of sp³-hybridized carbons (Fsp3) is 0.333. The second-order valence-electron chi connectivity index (χ2n) is 5.87. The van der Waals surface area contributed by atoms with Gasteiger partial charge in [0.25, 0.3) is 5.91 Å². The van der Waals surface area contributed by atoms with Gasteiger partial charge in [-0.1, -0.05) is 16.7 Å². The average molecular weight is 425 g/mol. The summed E-state index contributed by atoms with van der Waals surface area (Å²) in [5.74, 6) is -0.142. The molecule has 11 nitrogen and oxygen atoms in total. The molecular weight excluding hydrogens is 408 g/mol. The van der Waals surface area contributed by atoms with Crippen LogP contribution in [0.25, 0.3) is 0 Å². The molecule has 1 heterocycles. The van der Waals surface area contributed by atoms with E-state index in [0.717, 1.165) is 6.26 Å². The van der Waals surface area contributed by atoms with Gasteiger partial charge in [-0.2, -0.15) is 10.3 Å². The van der Waals surface area contributed by atoms with Gasteiger partial charge in [-0.05, 0) is 29.5 Å². The van der Waals surface area contributed by atoms with E-state index < -0.39 is 15.7 Å². The monoisotopic (exact) mass is 424 g/mol. The number of anilines is 1. The number of amides is 1. The molecule has 2 rings (SSSR count). The lowest BCUT2D eigenvalue weighted by Crippen LogP contribution is -2.25. The van der Waals surface area contributed by atoms with Crippen LogP contribution in [0.5, 0.6) is 0 Å². The van der Waals surface area contributed by atoms with Gasteiger partial charge < -0.3 is 4.90 Å². The van der Waals surface area contributed by atoms with E-state index in [9.17, 15) is 13.2 Å². The number of nitriles is 1. The number of rotatable bonds is 5. The number of aliphatic imine (C=N–C) groups is 1. The minimum Gasteiger partial charge on any atom is -0.358 e. The van der Waals surface area contributed by atoms with Crippen LogP contribution in [0.15, 0.2) is 22.0 Å². The van der Waals surface area contributed by atoms with Crippen LogP contribution >= 0.6 is 11.6 Å². The van der Waals surface area contributed by atoms with E-state index in [1.807, 2.05) is 0 Å². The molecule has 28 heavy (non-hydrogen) atoms. The van der Waals surface area contributed by atoms with Crippen molar-refractivity contribution < 1.29 is 13.2 Å². The van der Waals surface area contributed by atoms with Crippen molar-refractivity contribution in [3.05, 3.63) is 28.3 Å². The first-order valence-corrected chi connectivity index (χ1v) is 10.0. The second-order valence-corrected chi connectivity index (χ2v) is 8.23. The molecule has 0 spiro atoms. The molecule has 0 unspecified atom stereocenters. The zero-order chi connectivity index (χ0) is 21.1. The van der Waals surface area contributed by atoms with Gasteiger partial charge in [-0.15, -0.1) is 0 Å². The summed E-state index contributed by atoms with van der Waals surface area (Å²) in [6.45, 7) is 1.61. The number of carbonyl (C=O) groups excluding carboxylic acids is 1. The number of amidine groups is 1. The van der Waals surface area contributed by atoms with Gasteiger partial charge in [0.15, 0.2) is 9.84 Å². The number of sulfone groups is 1. The molecule has 0 aliphatic carbocycles. The van der Waals surface area contributed by atoms with Crippen LogP contribution in [-0.4, -0.2) is 58.6 Å². The zero-order valence-corrected chi connectivity index (χ0v) is 17.1. The van der Waals surface area contributed by atoms with Crippen molar-refractivity contribution >= 4 is 39.1 Å². The van der Waals surface area contributed by atoms with E-state index in [1.54, 1.807) is 32.1 Å². The third-order valence-electron chi connectivity index (χ3n) is 3.85. The molecule has 0 aliphatic heterocycles. The smallest absolute Gasteiger partial charge is 0.259 e. The molecule has 0 atom stereocenters. The summed E-state index contributed by atoms with van der Waals surface area (Å²) in [4.78, 5) is 17.7. The predicted molar refractivity (Wildman–Crippen MR) is 102 cm³/mol. The maximum atomic E-state index is 12.6. The highest BCUT2D eigenvalue weighted by atomic mass is 35.5. The number of carbonyl (C=O) groups is 1. The van der Waals surface area contributed by atoms with E-state index in [1.165, 1.54) is 16.8 Å². The van der Waals surface area contributed by atoms with Crippen molar-refractivity contribution in [1.82, 2.24) is 25.1 Å². The Morgan fingerprint density at radius 3 is 2.68 bits per heavy atom. The Hall–Kier alpha value is -3.04. The predicted octanol–water partition coefficient (Wildman–Crippen LogP) is 0.851. The Morgan fingerprint density at radius 2 is 2.14 bits per heavy atom. The molecule has 0 saturated carbocycles. The highest BCUT2D eigenvalue weighted by molar-refractivity contribution is 7.90. The molecule has 1 aromatic carbocycles. The minimum absolute atomic E-state index is 0.0187. The molecule has 0 bridgehead atoms. The van der Waals surface area contributed by atoms with Crippen LogP contribution in [-0.2, 0) is 23.4 Å². The van der Waals surface area contributed by atoms with Gasteiger partial charge in [-0.3, -0.25) is 10.1 Å². The lowest BCUT2D eigenvalue weighted by molar-refractivity contribution is 0.102. The third-order valence-corrected chi connectivity index (χ3v) is 5.46. The molecule has 1 aromatic heterocycles. The van der Waals surface area contributed by atoms with Crippen LogP contribution in [0.2, 0.25) is 5.02 Å². The molecule has 2 aromatic rings. The summed E-state index contributed by atoms with van der Waals surface area (Å²) in [6, 6.07) is 2.63. The van der Waals surface area contributed by atoms with Gasteiger partial charge in [0.2, 0.25) is 12.1 Å². The van der Waals surface area contributed by atoms with E-state index >= 15 is 0 Å². The first kappa shape index (κ1) is 21.3. The van der Waals surface area contributed by atoms with Crippen LogP contribution < -0.4 is 5.32 Å². The van der Waals surface area contributed by atoms with Gasteiger partial charge >= 0.3 is 0 Å². The van der Waals surface area contributed by atoms with E-state index in [0.29, 0.717) is 5.84 Å². The van der Waals surface area contributed by atoms with Crippen molar-refractivity contribution in [3.8, 4) is 6.19 Å². The zero-order valence-electron chi connectivity index (χ0n) is 15.5. The standard InChI is InChI=1S/C15H17ClN8O3S/c1-9(18-8-17)23(2)7-11-12(28(4,26)27)6-5-10(13(11)16)14(25)19-15-20-21-22-24(15)3/h5-6H,7H2,1-4H3,(H,19,20,22,25). The summed E-state index contributed by atoms with van der Waals surface area (Å²) in [6.07, 6.45) is 2.71. The summed E-state index contributed by atoms with van der Waals surface area (Å²) in [7, 11) is -0.458. The van der Waals surface area contributed by atoms with Gasteiger partial charge in [0, 0.05) is 32.5 Å². The summed E-state index contributed by atoms with van der Waals surface area (Å²) in [5, 5.41) is 21.9. The Labute approximate surface area is 166 Å². The maximum Gasteiger partial charge on any atom is 0.259 e. The first-order valence-electron chi connectivity index (χ1n) is 7.76. The van der Waals surface area contributed by atoms with Gasteiger partial charge in [-0.25, -0.2) is 13.1 Å². The summed E-state index contributed by atoms with van der Waals surface area (Å²) < 4.78 is 25.6. The van der Waals surface area contributed by atoms with Crippen LogP contribution in [0.1, 0.15) is 22.8 Å². The van der Waals surface area contributed by atoms with Crippen molar-refractivity contribution in [2.24, 2.45) is 12.0 Å². The van der Waals surface area contributed by atoms with Crippen LogP contribution in [0, 0.1) is 11.5 Å². The fourth-order valence-corrected chi connectivity index (χ4v) is 3.58. The number of halogens is 1. The normalized spacial score (nSPS) is 11.8. The second kappa shape index (κ2) is 8.32. The Bertz CT molecular complexity index is 1090. The van der Waals surface area contributed by atoms with Crippen LogP contribution in [0.4, 0.5) is 5.95 Å². The van der Waals surface area contributed by atoms with Crippen molar-refractivity contribution in [3.63, 3.8) is 0 Å². The minimum atomic E-state index is -3.62. The number of hydrogen-bond donors (Lipinski definition) is 1. The quantitative estimate of drug-likeness (QED) is 0.422. The molecule has 0 radical (unpaired) electrons. The van der Waals surface area contributed by atoms with E-state index in [-0.39, 0.29) is 33.5 Å². The molecule has 0 fully saturated rings. The number of benzene rings is 1. The highest BCUT2D eigenvalue weighted by Crippen LogP contribution is 2.29. The van der Waals surface area contributed by atoms with E-state index in [4.69, 9.17) is 16.9 Å². The molecule has 13 heteroatoms. The molecule has 0 aliphatic rings. The molecular formula is C15H17ClN8O3S. The van der Waals surface area contributed by atoms with Crippen LogP contribution in [0.3, 0.4) is 0 Å². The molecule has 0 saturated heterocycles. The number of tetrazole rings is 1. The Morgan fingerprint density at radius 1 is 1.46 bits per heavy atom. The number of aromatic nitrogens is 4. The lowest BCUT2D eigenvalue weighted by Gasteiger charge is -2.21. The maximum absolute atomic E-state index is 12.6. The highest BCUT2D eigenvalue weighted by Gasteiger charge is 2.23. The number of nitrogens with one attached hydrogen (secondary N) is 1. The first-order chi connectivity index (χ1) is 13.1. The largest absolute Gasteiger partial charge is 0.358 e. The Kier molecular flexibility index (Phi) is 6.32. The Balaban J connectivity index is 2.50. The van der Waals surface area contributed by atoms with Crippen molar-refractivity contribution in [2.45, 2.75) is 18.4 Å². The molecule has 1 N–H and O–H groups in total.